The zero-order valence-electron chi connectivity index (χ0n) is 11.6. The van der Waals surface area contributed by atoms with Gasteiger partial charge in [-0.3, -0.25) is 5.26 Å². The van der Waals surface area contributed by atoms with E-state index < -0.39 is 12.3 Å². The molecule has 8 heteroatoms. The number of carboxylic acid groups (broad SMARTS) is 4. The van der Waals surface area contributed by atoms with Crippen LogP contribution in [0.5, 0.6) is 0 Å². The van der Waals surface area contributed by atoms with E-state index in [1.54, 1.807) is 0 Å². The van der Waals surface area contributed by atoms with E-state index in [0.29, 0.717) is 0 Å². The zero-order valence-corrected chi connectivity index (χ0v) is 11.6. The molecule has 1 saturated carbocycles. The summed E-state index contributed by atoms with van der Waals surface area (Å²) in [6.45, 7) is 2.24. The fourth-order valence-electron chi connectivity index (χ4n) is 2.02. The molecule has 0 heterocycles. The standard InChI is InChI=1S/C10H20O2.2CH2O3/c1-2-3-4-9-5-7-10(12-11)8-6-9;2*2-1(3)4/h9-11H,2-8H2,1H3;2*(H2,2,3,4). The molecule has 0 aromatic carbocycles. The van der Waals surface area contributed by atoms with Crippen LogP contribution in [0.4, 0.5) is 9.59 Å². The molecule has 1 rings (SSSR count). The lowest BCUT2D eigenvalue weighted by atomic mass is 9.84. The van der Waals surface area contributed by atoms with Crippen LogP contribution in [0.2, 0.25) is 0 Å². The van der Waals surface area contributed by atoms with Gasteiger partial charge in [0.05, 0.1) is 6.10 Å². The lowest BCUT2D eigenvalue weighted by Crippen LogP contribution is -2.20. The average Bonchev–Trinajstić information content (AvgIpc) is 2.35. The third-order valence-electron chi connectivity index (χ3n) is 2.91. The van der Waals surface area contributed by atoms with Gasteiger partial charge in [-0.15, -0.1) is 0 Å². The predicted octanol–water partition coefficient (Wildman–Crippen LogP) is 3.67. The maximum absolute atomic E-state index is 8.56. The summed E-state index contributed by atoms with van der Waals surface area (Å²) < 4.78 is 0. The van der Waals surface area contributed by atoms with Gasteiger partial charge in [0.2, 0.25) is 0 Å². The minimum atomic E-state index is -1.83. The Hall–Kier alpha value is -1.54. The van der Waals surface area contributed by atoms with Crippen LogP contribution >= 0.6 is 0 Å². The van der Waals surface area contributed by atoms with Crippen molar-refractivity contribution < 1.29 is 40.2 Å². The summed E-state index contributed by atoms with van der Waals surface area (Å²) in [4.78, 5) is 21.5. The van der Waals surface area contributed by atoms with E-state index in [0.717, 1.165) is 18.8 Å². The smallest absolute Gasteiger partial charge is 0.450 e. The maximum Gasteiger partial charge on any atom is 0.503 e. The summed E-state index contributed by atoms with van der Waals surface area (Å²) in [6.07, 6.45) is 5.06. The van der Waals surface area contributed by atoms with Gasteiger partial charge in [0.25, 0.3) is 0 Å². The predicted molar refractivity (Wildman–Crippen MR) is 70.3 cm³/mol. The lowest BCUT2D eigenvalue weighted by molar-refractivity contribution is -0.285. The van der Waals surface area contributed by atoms with Gasteiger partial charge in [-0.25, -0.2) is 14.5 Å². The van der Waals surface area contributed by atoms with Gasteiger partial charge >= 0.3 is 12.3 Å². The molecule has 8 nitrogen and oxygen atoms in total. The molecule has 1 aliphatic rings. The third kappa shape index (κ3) is 18.8. The number of carbonyl (C=O) groups is 2. The van der Waals surface area contributed by atoms with Gasteiger partial charge in [0.1, 0.15) is 0 Å². The van der Waals surface area contributed by atoms with E-state index in [4.69, 9.17) is 35.3 Å². The van der Waals surface area contributed by atoms with Crippen molar-refractivity contribution in [3.05, 3.63) is 0 Å². The summed E-state index contributed by atoms with van der Waals surface area (Å²) in [5.74, 6) is 0.899. The number of unbranched alkanes of at least 4 members (excludes halogenated alkanes) is 1. The molecule has 20 heavy (non-hydrogen) atoms. The summed E-state index contributed by atoms with van der Waals surface area (Å²) in [6, 6.07) is 0. The van der Waals surface area contributed by atoms with Crippen LogP contribution in [0, 0.1) is 5.92 Å². The van der Waals surface area contributed by atoms with E-state index in [2.05, 4.69) is 11.8 Å². The zero-order chi connectivity index (χ0) is 16.0. The van der Waals surface area contributed by atoms with Crippen molar-refractivity contribution in [2.24, 2.45) is 5.92 Å². The summed E-state index contributed by atoms with van der Waals surface area (Å²) in [5, 5.41) is 36.3. The van der Waals surface area contributed by atoms with Gasteiger partial charge in [0, 0.05) is 0 Å². The summed E-state index contributed by atoms with van der Waals surface area (Å²) >= 11 is 0. The first kappa shape index (κ1) is 20.8. The quantitative estimate of drug-likeness (QED) is 0.390. The molecule has 0 aromatic rings. The molecule has 0 spiro atoms. The summed E-state index contributed by atoms with van der Waals surface area (Å²) in [5.41, 5.74) is 0. The first-order valence-corrected chi connectivity index (χ1v) is 6.47. The van der Waals surface area contributed by atoms with Gasteiger partial charge in [-0.05, 0) is 31.6 Å². The van der Waals surface area contributed by atoms with Crippen molar-refractivity contribution >= 4 is 12.3 Å². The van der Waals surface area contributed by atoms with Gasteiger partial charge in [-0.2, -0.15) is 0 Å². The molecule has 0 bridgehead atoms. The normalized spacial score (nSPS) is 20.7. The molecule has 0 saturated heterocycles. The fraction of sp³-hybridized carbons (Fsp3) is 0.833. The Morgan fingerprint density at radius 2 is 1.40 bits per heavy atom. The molecule has 0 unspecified atom stereocenters. The van der Waals surface area contributed by atoms with E-state index in [9.17, 15) is 0 Å². The van der Waals surface area contributed by atoms with Crippen LogP contribution in [-0.2, 0) is 4.89 Å². The molecular weight excluding hydrogens is 272 g/mol. The van der Waals surface area contributed by atoms with E-state index in [1.165, 1.54) is 32.1 Å². The second-order valence-corrected chi connectivity index (χ2v) is 4.46. The minimum absolute atomic E-state index is 0.128. The average molecular weight is 296 g/mol. The maximum atomic E-state index is 8.56. The van der Waals surface area contributed by atoms with Gasteiger partial charge in [0.15, 0.2) is 0 Å². The van der Waals surface area contributed by atoms with Gasteiger partial charge in [-0.1, -0.05) is 26.2 Å². The Morgan fingerprint density at radius 1 is 1.00 bits per heavy atom. The Labute approximate surface area is 117 Å². The number of hydrogen-bond acceptors (Lipinski definition) is 4. The van der Waals surface area contributed by atoms with E-state index in [-0.39, 0.29) is 6.10 Å². The van der Waals surface area contributed by atoms with Gasteiger partial charge < -0.3 is 20.4 Å². The van der Waals surface area contributed by atoms with Crippen LogP contribution in [0.1, 0.15) is 51.9 Å². The van der Waals surface area contributed by atoms with Crippen molar-refractivity contribution in [2.45, 2.75) is 58.0 Å². The van der Waals surface area contributed by atoms with Crippen LogP contribution in [-0.4, -0.2) is 44.1 Å². The lowest BCUT2D eigenvalue weighted by Gasteiger charge is -2.26. The molecule has 0 atom stereocenters. The van der Waals surface area contributed by atoms with Crippen molar-refractivity contribution in [1.29, 1.82) is 0 Å². The molecule has 1 aliphatic carbocycles. The SMILES string of the molecule is CCCCC1CCC(OO)CC1.O=C(O)O.O=C(O)O. The van der Waals surface area contributed by atoms with Crippen molar-refractivity contribution in [2.75, 3.05) is 0 Å². The Balaban J connectivity index is 0. The Morgan fingerprint density at radius 3 is 1.70 bits per heavy atom. The highest BCUT2D eigenvalue weighted by Gasteiger charge is 2.20. The summed E-state index contributed by atoms with van der Waals surface area (Å²) in [7, 11) is 0. The van der Waals surface area contributed by atoms with Crippen LogP contribution < -0.4 is 0 Å². The molecule has 0 aromatic heterocycles. The van der Waals surface area contributed by atoms with Crippen molar-refractivity contribution in [3.63, 3.8) is 0 Å². The highest BCUT2D eigenvalue weighted by atomic mass is 17.1. The third-order valence-corrected chi connectivity index (χ3v) is 2.91. The Kier molecular flexibility index (Phi) is 14.4. The number of rotatable bonds is 4. The first-order valence-electron chi connectivity index (χ1n) is 6.47. The molecular formula is C12H24O8. The van der Waals surface area contributed by atoms with Crippen molar-refractivity contribution in [3.8, 4) is 0 Å². The molecule has 1 fully saturated rings. The highest BCUT2D eigenvalue weighted by molar-refractivity contribution is 5.53. The molecule has 120 valence electrons. The molecule has 0 amide bonds. The monoisotopic (exact) mass is 296 g/mol. The first-order chi connectivity index (χ1) is 9.33. The molecule has 5 N–H and O–H groups in total. The Bertz CT molecular complexity index is 228. The molecule has 0 radical (unpaired) electrons. The van der Waals surface area contributed by atoms with E-state index >= 15 is 0 Å². The largest absolute Gasteiger partial charge is 0.503 e. The fourth-order valence-corrected chi connectivity index (χ4v) is 2.02. The topological polar surface area (TPSA) is 145 Å². The second kappa shape index (κ2) is 13.9. The van der Waals surface area contributed by atoms with Crippen LogP contribution in [0.15, 0.2) is 0 Å². The van der Waals surface area contributed by atoms with E-state index in [1.807, 2.05) is 0 Å². The van der Waals surface area contributed by atoms with Crippen LogP contribution in [0.25, 0.3) is 0 Å². The molecule has 0 aliphatic heterocycles. The highest BCUT2D eigenvalue weighted by Crippen LogP contribution is 2.29. The van der Waals surface area contributed by atoms with Crippen LogP contribution in [0.3, 0.4) is 0 Å². The number of hydrogen-bond donors (Lipinski definition) is 5. The minimum Gasteiger partial charge on any atom is -0.450 e. The van der Waals surface area contributed by atoms with Crippen molar-refractivity contribution in [1.82, 2.24) is 0 Å². The second-order valence-electron chi connectivity index (χ2n) is 4.46.